The van der Waals surface area contributed by atoms with E-state index >= 15 is 0 Å². The molecule has 134 valence electrons. The van der Waals surface area contributed by atoms with E-state index in [-0.39, 0.29) is 22.8 Å². The Morgan fingerprint density at radius 3 is 2.31 bits per heavy atom. The summed E-state index contributed by atoms with van der Waals surface area (Å²) in [4.78, 5) is 12.5. The predicted molar refractivity (Wildman–Crippen MR) is 97.8 cm³/mol. The zero-order chi connectivity index (χ0) is 17.5. The second-order valence-electron chi connectivity index (χ2n) is 5.93. The molecule has 3 rings (SSSR count). The van der Waals surface area contributed by atoms with Crippen LogP contribution in [0.2, 0.25) is 0 Å². The van der Waals surface area contributed by atoms with Gasteiger partial charge in [0.1, 0.15) is 5.75 Å². The fourth-order valence-electron chi connectivity index (χ4n) is 2.77. The quantitative estimate of drug-likeness (QED) is 0.426. The van der Waals surface area contributed by atoms with Crippen molar-refractivity contribution < 1.29 is 31.1 Å². The predicted octanol–water partition coefficient (Wildman–Crippen LogP) is 0.851. The van der Waals surface area contributed by atoms with E-state index in [0.717, 1.165) is 12.2 Å². The van der Waals surface area contributed by atoms with Gasteiger partial charge in [0, 0.05) is 23.6 Å². The van der Waals surface area contributed by atoms with Crippen molar-refractivity contribution in [2.45, 2.75) is 19.9 Å². The molecule has 0 spiro atoms. The Hall–Kier alpha value is -2.46. The van der Waals surface area contributed by atoms with Crippen molar-refractivity contribution in [3.05, 3.63) is 95.8 Å². The monoisotopic (exact) mass is 411 g/mol. The van der Waals surface area contributed by atoms with Crippen LogP contribution in [0.3, 0.4) is 0 Å². The Kier molecular flexibility index (Phi) is 7.54. The maximum Gasteiger partial charge on any atom is 0.227 e. The first-order chi connectivity index (χ1) is 12.2. The lowest BCUT2D eigenvalue weighted by Crippen LogP contribution is -3.00. The van der Waals surface area contributed by atoms with Gasteiger partial charge < -0.3 is 21.7 Å². The average molecular weight is 412 g/mol. The summed E-state index contributed by atoms with van der Waals surface area (Å²) < 4.78 is 7.36. The Morgan fingerprint density at radius 2 is 1.62 bits per heavy atom. The SMILES string of the molecule is CCOc1ccc(C(=O)C[n+]2cccc(Cc3ccccc3)c2)cc1.[Br-]. The summed E-state index contributed by atoms with van der Waals surface area (Å²) >= 11 is 0. The molecule has 0 saturated heterocycles. The third-order valence-corrected chi connectivity index (χ3v) is 3.98. The van der Waals surface area contributed by atoms with Crippen LogP contribution in [0.15, 0.2) is 79.1 Å². The number of aromatic nitrogens is 1. The highest BCUT2D eigenvalue weighted by Crippen LogP contribution is 2.12. The van der Waals surface area contributed by atoms with Gasteiger partial charge in [0.05, 0.1) is 6.61 Å². The number of carbonyl (C=O) groups excluding carboxylic acids is 1. The van der Waals surface area contributed by atoms with Crippen LogP contribution in [-0.4, -0.2) is 12.4 Å². The van der Waals surface area contributed by atoms with Crippen LogP contribution in [0.5, 0.6) is 5.75 Å². The van der Waals surface area contributed by atoms with Crippen molar-refractivity contribution in [1.29, 1.82) is 0 Å². The van der Waals surface area contributed by atoms with Gasteiger partial charge in [-0.05, 0) is 42.8 Å². The molecule has 0 saturated carbocycles. The van der Waals surface area contributed by atoms with Crippen LogP contribution in [0, 0.1) is 0 Å². The summed E-state index contributed by atoms with van der Waals surface area (Å²) in [6.07, 6.45) is 4.83. The van der Waals surface area contributed by atoms with Gasteiger partial charge in [-0.15, -0.1) is 0 Å². The van der Waals surface area contributed by atoms with Crippen LogP contribution >= 0.6 is 0 Å². The van der Waals surface area contributed by atoms with Crippen molar-refractivity contribution in [3.8, 4) is 5.75 Å². The highest BCUT2D eigenvalue weighted by Gasteiger charge is 2.13. The second kappa shape index (κ2) is 9.88. The molecule has 0 bridgehead atoms. The molecule has 1 heterocycles. The third-order valence-electron chi connectivity index (χ3n) is 3.98. The molecule has 0 radical (unpaired) electrons. The van der Waals surface area contributed by atoms with E-state index in [1.165, 1.54) is 11.1 Å². The van der Waals surface area contributed by atoms with Crippen molar-refractivity contribution >= 4 is 5.78 Å². The molecular formula is C22H22BrNO2. The third kappa shape index (κ3) is 5.53. The number of ketones is 1. The van der Waals surface area contributed by atoms with Gasteiger partial charge in [-0.2, -0.15) is 4.57 Å². The molecule has 3 aromatic rings. The number of ether oxygens (including phenoxy) is 1. The molecule has 0 N–H and O–H groups in total. The summed E-state index contributed by atoms with van der Waals surface area (Å²) in [7, 11) is 0. The van der Waals surface area contributed by atoms with Crippen molar-refractivity contribution in [2.24, 2.45) is 0 Å². The summed E-state index contributed by atoms with van der Waals surface area (Å²) in [5.74, 6) is 0.876. The van der Waals surface area contributed by atoms with Crippen LogP contribution in [0.1, 0.15) is 28.4 Å². The Bertz CT molecular complexity index is 832. The first-order valence-electron chi connectivity index (χ1n) is 8.52. The van der Waals surface area contributed by atoms with Crippen molar-refractivity contribution in [2.75, 3.05) is 6.61 Å². The highest BCUT2D eigenvalue weighted by molar-refractivity contribution is 5.95. The van der Waals surface area contributed by atoms with Gasteiger partial charge in [0.2, 0.25) is 12.3 Å². The number of Topliss-reactive ketones (excluding diaryl/α,β-unsaturated/α-hetero) is 1. The summed E-state index contributed by atoms with van der Waals surface area (Å²) in [5.41, 5.74) is 3.15. The zero-order valence-electron chi connectivity index (χ0n) is 14.8. The number of benzene rings is 2. The van der Waals surface area contributed by atoms with Crippen LogP contribution in [0.4, 0.5) is 0 Å². The maximum absolute atomic E-state index is 12.5. The molecule has 0 fully saturated rings. The van der Waals surface area contributed by atoms with Gasteiger partial charge in [-0.1, -0.05) is 30.3 Å². The van der Waals surface area contributed by atoms with E-state index in [0.29, 0.717) is 18.7 Å². The first kappa shape index (κ1) is 19.9. The van der Waals surface area contributed by atoms with Gasteiger partial charge in [0.15, 0.2) is 12.4 Å². The van der Waals surface area contributed by atoms with Gasteiger partial charge in [-0.25, -0.2) is 0 Å². The molecule has 0 aliphatic rings. The lowest BCUT2D eigenvalue weighted by Gasteiger charge is -2.04. The fourth-order valence-corrected chi connectivity index (χ4v) is 2.77. The van der Waals surface area contributed by atoms with E-state index in [1.807, 2.05) is 72.4 Å². The topological polar surface area (TPSA) is 30.2 Å². The van der Waals surface area contributed by atoms with E-state index in [9.17, 15) is 4.79 Å². The Morgan fingerprint density at radius 1 is 0.923 bits per heavy atom. The first-order valence-corrected chi connectivity index (χ1v) is 8.52. The molecule has 4 heteroatoms. The molecule has 0 aliphatic heterocycles. The van der Waals surface area contributed by atoms with E-state index < -0.39 is 0 Å². The molecule has 2 aromatic carbocycles. The Labute approximate surface area is 165 Å². The van der Waals surface area contributed by atoms with Gasteiger partial charge >= 0.3 is 0 Å². The minimum Gasteiger partial charge on any atom is -1.00 e. The van der Waals surface area contributed by atoms with E-state index in [1.54, 1.807) is 0 Å². The Balaban J connectivity index is 0.00000243. The lowest BCUT2D eigenvalue weighted by atomic mass is 10.1. The van der Waals surface area contributed by atoms with Gasteiger partial charge in [0.25, 0.3) is 0 Å². The molecule has 0 aliphatic carbocycles. The van der Waals surface area contributed by atoms with Crippen LogP contribution in [-0.2, 0) is 13.0 Å². The molecule has 0 amide bonds. The maximum atomic E-state index is 12.5. The lowest BCUT2D eigenvalue weighted by molar-refractivity contribution is -0.683. The highest BCUT2D eigenvalue weighted by atomic mass is 79.9. The minimum atomic E-state index is 0. The van der Waals surface area contributed by atoms with Crippen LogP contribution < -0.4 is 26.3 Å². The normalized spacial score (nSPS) is 10.0. The molecule has 26 heavy (non-hydrogen) atoms. The smallest absolute Gasteiger partial charge is 0.227 e. The molecule has 0 atom stereocenters. The minimum absolute atomic E-state index is 0. The van der Waals surface area contributed by atoms with Crippen molar-refractivity contribution in [1.82, 2.24) is 0 Å². The van der Waals surface area contributed by atoms with Gasteiger partial charge in [-0.3, -0.25) is 4.79 Å². The average Bonchev–Trinajstić information content (AvgIpc) is 2.64. The van der Waals surface area contributed by atoms with Crippen LogP contribution in [0.25, 0.3) is 0 Å². The number of hydrogen-bond acceptors (Lipinski definition) is 2. The second-order valence-corrected chi connectivity index (χ2v) is 5.93. The number of halogens is 1. The zero-order valence-corrected chi connectivity index (χ0v) is 16.4. The number of rotatable bonds is 7. The number of nitrogens with zero attached hydrogens (tertiary/aromatic N) is 1. The summed E-state index contributed by atoms with van der Waals surface area (Å²) in [6, 6.07) is 21.7. The number of hydrogen-bond donors (Lipinski definition) is 0. The molecular weight excluding hydrogens is 390 g/mol. The summed E-state index contributed by atoms with van der Waals surface area (Å²) in [5, 5.41) is 0. The van der Waals surface area contributed by atoms with E-state index in [4.69, 9.17) is 4.74 Å². The largest absolute Gasteiger partial charge is 1.00 e. The molecule has 1 aromatic heterocycles. The standard InChI is InChI=1S/C22H22NO2.BrH/c1-2-25-21-12-10-20(11-13-21)22(24)17-23-14-6-9-19(16-23)15-18-7-4-3-5-8-18;/h3-14,16H,2,15,17H2,1H3;1H/q+1;/p-1. The fraction of sp³-hybridized carbons (Fsp3) is 0.182. The van der Waals surface area contributed by atoms with E-state index in [2.05, 4.69) is 18.2 Å². The number of carbonyl (C=O) groups is 1. The summed E-state index contributed by atoms with van der Waals surface area (Å²) in [6.45, 7) is 2.89. The van der Waals surface area contributed by atoms with Crippen molar-refractivity contribution in [3.63, 3.8) is 0 Å². The molecule has 0 unspecified atom stereocenters. The number of pyridine rings is 1. The molecule has 3 nitrogen and oxygen atoms in total.